The van der Waals surface area contributed by atoms with Crippen molar-refractivity contribution in [3.63, 3.8) is 0 Å². The molecule has 2 N–H and O–H groups in total. The first-order chi connectivity index (χ1) is 11.7. The maximum absolute atomic E-state index is 12.6. The second kappa shape index (κ2) is 6.50. The Morgan fingerprint density at radius 2 is 1.96 bits per heavy atom. The van der Waals surface area contributed by atoms with Crippen LogP contribution < -0.4 is 5.32 Å². The van der Waals surface area contributed by atoms with Gasteiger partial charge in [-0.25, -0.2) is 4.79 Å². The van der Waals surface area contributed by atoms with E-state index in [-0.39, 0.29) is 6.03 Å². The van der Waals surface area contributed by atoms with E-state index in [1.165, 1.54) is 41.4 Å². The first-order valence-electron chi connectivity index (χ1n) is 9.34. The molecule has 4 rings (SSSR count). The van der Waals surface area contributed by atoms with Crippen LogP contribution in [0.3, 0.4) is 0 Å². The van der Waals surface area contributed by atoms with Gasteiger partial charge in [0.2, 0.25) is 0 Å². The minimum Gasteiger partial charge on any atom is -0.358 e. The molecule has 0 saturated heterocycles. The Morgan fingerprint density at radius 1 is 1.17 bits per heavy atom. The lowest BCUT2D eigenvalue weighted by molar-refractivity contribution is 0.177. The molecule has 4 heteroatoms. The Morgan fingerprint density at radius 3 is 2.79 bits per heavy atom. The number of hydrogen-bond donors (Lipinski definition) is 2. The molecular formula is C20H27N3O. The maximum atomic E-state index is 12.6. The lowest BCUT2D eigenvalue weighted by Gasteiger charge is -2.33. The second-order valence-electron chi connectivity index (χ2n) is 7.42. The minimum atomic E-state index is 0.107. The molecule has 1 unspecified atom stereocenters. The number of rotatable bonds is 2. The number of aryl methyl sites for hydroxylation is 1. The summed E-state index contributed by atoms with van der Waals surface area (Å²) in [6.45, 7) is 0. The number of likely N-dealkylation sites (N-methyl/N-ethyl adjacent to an activating group) is 1. The van der Waals surface area contributed by atoms with Crippen LogP contribution in [0.5, 0.6) is 0 Å². The summed E-state index contributed by atoms with van der Waals surface area (Å²) in [5, 5.41) is 4.57. The number of fused-ring (bicyclic) bond motifs is 3. The number of hydrogen-bond acceptors (Lipinski definition) is 1. The highest BCUT2D eigenvalue weighted by molar-refractivity contribution is 5.85. The molecule has 1 atom stereocenters. The first-order valence-corrected chi connectivity index (χ1v) is 9.34. The van der Waals surface area contributed by atoms with E-state index in [2.05, 4.69) is 34.6 Å². The monoisotopic (exact) mass is 325 g/mol. The highest BCUT2D eigenvalue weighted by Crippen LogP contribution is 2.30. The summed E-state index contributed by atoms with van der Waals surface area (Å²) in [6.07, 6.45) is 9.09. The first kappa shape index (κ1) is 15.6. The molecule has 1 fully saturated rings. The molecule has 0 radical (unpaired) electrons. The molecule has 128 valence electrons. The Bertz CT molecular complexity index is 730. The Hall–Kier alpha value is -1.97. The van der Waals surface area contributed by atoms with Crippen LogP contribution in [0.1, 0.15) is 49.8 Å². The quantitative estimate of drug-likeness (QED) is 0.861. The summed E-state index contributed by atoms with van der Waals surface area (Å²) >= 11 is 0. The standard InChI is InChI=1S/C20H27N3O/c1-23(20(24)21-14-7-3-2-4-8-14)15-11-12-19-17(13-15)16-9-5-6-10-18(16)22-19/h5-6,9-10,14-15,22H,2-4,7-8,11-13H2,1H3,(H,21,24). The van der Waals surface area contributed by atoms with Crippen molar-refractivity contribution in [2.45, 2.75) is 63.5 Å². The highest BCUT2D eigenvalue weighted by atomic mass is 16.2. The number of amides is 2. The fourth-order valence-corrected chi connectivity index (χ4v) is 4.37. The van der Waals surface area contributed by atoms with Gasteiger partial charge in [0.05, 0.1) is 0 Å². The zero-order valence-corrected chi connectivity index (χ0v) is 14.5. The van der Waals surface area contributed by atoms with Crippen LogP contribution in [-0.4, -0.2) is 35.0 Å². The van der Waals surface area contributed by atoms with Gasteiger partial charge < -0.3 is 15.2 Å². The maximum Gasteiger partial charge on any atom is 0.317 e. The topological polar surface area (TPSA) is 48.1 Å². The number of urea groups is 1. The van der Waals surface area contributed by atoms with E-state index in [1.54, 1.807) is 0 Å². The van der Waals surface area contributed by atoms with Gasteiger partial charge in [0.25, 0.3) is 0 Å². The smallest absolute Gasteiger partial charge is 0.317 e. The van der Waals surface area contributed by atoms with E-state index < -0.39 is 0 Å². The predicted octanol–water partition coefficient (Wildman–Crippen LogP) is 4.00. The van der Waals surface area contributed by atoms with Gasteiger partial charge in [-0.2, -0.15) is 0 Å². The predicted molar refractivity (Wildman–Crippen MR) is 97.3 cm³/mol. The zero-order valence-electron chi connectivity index (χ0n) is 14.5. The fraction of sp³-hybridized carbons (Fsp3) is 0.550. The zero-order chi connectivity index (χ0) is 16.5. The second-order valence-corrected chi connectivity index (χ2v) is 7.42. The summed E-state index contributed by atoms with van der Waals surface area (Å²) in [5.41, 5.74) is 3.98. The van der Waals surface area contributed by atoms with Crippen molar-refractivity contribution < 1.29 is 4.79 Å². The largest absolute Gasteiger partial charge is 0.358 e. The average molecular weight is 325 g/mol. The molecule has 2 aliphatic rings. The van der Waals surface area contributed by atoms with Crippen LogP contribution in [0.15, 0.2) is 24.3 Å². The molecule has 1 heterocycles. The van der Waals surface area contributed by atoms with Crippen molar-refractivity contribution in [3.8, 4) is 0 Å². The lowest BCUT2D eigenvalue weighted by atomic mass is 9.90. The number of nitrogens with one attached hydrogen (secondary N) is 2. The van der Waals surface area contributed by atoms with Crippen molar-refractivity contribution in [1.29, 1.82) is 0 Å². The van der Waals surface area contributed by atoms with E-state index in [0.717, 1.165) is 32.1 Å². The third kappa shape index (κ3) is 2.90. The van der Waals surface area contributed by atoms with Gasteiger partial charge in [-0.1, -0.05) is 37.5 Å². The van der Waals surface area contributed by atoms with Crippen LogP contribution in [0.4, 0.5) is 4.79 Å². The normalized spacial score (nSPS) is 21.5. The number of carbonyl (C=O) groups excluding carboxylic acids is 1. The molecule has 1 aromatic heterocycles. The van der Waals surface area contributed by atoms with Gasteiger partial charge in [-0.15, -0.1) is 0 Å². The van der Waals surface area contributed by atoms with Gasteiger partial charge >= 0.3 is 6.03 Å². The number of aromatic nitrogens is 1. The van der Waals surface area contributed by atoms with Crippen LogP contribution in [0.2, 0.25) is 0 Å². The number of nitrogens with zero attached hydrogens (tertiary/aromatic N) is 1. The molecule has 0 bridgehead atoms. The van der Waals surface area contributed by atoms with Crippen molar-refractivity contribution >= 4 is 16.9 Å². The van der Waals surface area contributed by atoms with Crippen molar-refractivity contribution in [2.24, 2.45) is 0 Å². The van der Waals surface area contributed by atoms with E-state index in [4.69, 9.17) is 0 Å². The molecule has 24 heavy (non-hydrogen) atoms. The van der Waals surface area contributed by atoms with E-state index in [0.29, 0.717) is 12.1 Å². The molecule has 2 aliphatic carbocycles. The lowest BCUT2D eigenvalue weighted by Crippen LogP contribution is -2.49. The number of carbonyl (C=O) groups is 1. The Labute approximate surface area is 143 Å². The summed E-state index contributed by atoms with van der Waals surface area (Å²) in [4.78, 5) is 18.1. The molecule has 4 nitrogen and oxygen atoms in total. The van der Waals surface area contributed by atoms with Crippen LogP contribution in [-0.2, 0) is 12.8 Å². The number of aromatic amines is 1. The molecule has 0 spiro atoms. The fourth-order valence-electron chi connectivity index (χ4n) is 4.37. The van der Waals surface area contributed by atoms with Crippen molar-refractivity contribution in [1.82, 2.24) is 15.2 Å². The molecule has 2 aromatic rings. The SMILES string of the molecule is CN(C(=O)NC1CCCCC1)C1CCc2[nH]c3ccccc3c2C1. The van der Waals surface area contributed by atoms with E-state index in [9.17, 15) is 4.79 Å². The summed E-state index contributed by atoms with van der Waals surface area (Å²) in [5.74, 6) is 0. The Balaban J connectivity index is 1.46. The van der Waals surface area contributed by atoms with Gasteiger partial charge in [0.1, 0.15) is 0 Å². The van der Waals surface area contributed by atoms with Gasteiger partial charge in [0.15, 0.2) is 0 Å². The van der Waals surface area contributed by atoms with Gasteiger partial charge in [-0.05, 0) is 43.7 Å². The van der Waals surface area contributed by atoms with Crippen LogP contribution in [0, 0.1) is 0 Å². The summed E-state index contributed by atoms with van der Waals surface area (Å²) in [7, 11) is 1.96. The van der Waals surface area contributed by atoms with Gasteiger partial charge in [-0.3, -0.25) is 0 Å². The third-order valence-corrected chi connectivity index (χ3v) is 5.87. The summed E-state index contributed by atoms with van der Waals surface area (Å²) < 4.78 is 0. The van der Waals surface area contributed by atoms with Crippen molar-refractivity contribution in [2.75, 3.05) is 7.05 Å². The van der Waals surface area contributed by atoms with Crippen molar-refractivity contribution in [3.05, 3.63) is 35.5 Å². The molecule has 1 aromatic carbocycles. The average Bonchev–Trinajstić information content (AvgIpc) is 2.99. The molecule has 1 saturated carbocycles. The highest BCUT2D eigenvalue weighted by Gasteiger charge is 2.28. The van der Waals surface area contributed by atoms with Gasteiger partial charge in [0, 0.05) is 35.7 Å². The summed E-state index contributed by atoms with van der Waals surface area (Å²) in [6, 6.07) is 9.28. The van der Waals surface area contributed by atoms with Crippen LogP contribution in [0.25, 0.3) is 10.9 Å². The van der Waals surface area contributed by atoms with Crippen LogP contribution >= 0.6 is 0 Å². The number of para-hydroxylation sites is 1. The molecular weight excluding hydrogens is 298 g/mol. The van der Waals surface area contributed by atoms with E-state index in [1.807, 2.05) is 11.9 Å². The van der Waals surface area contributed by atoms with E-state index >= 15 is 0 Å². The Kier molecular flexibility index (Phi) is 4.21. The number of benzene rings is 1. The molecule has 0 aliphatic heterocycles. The number of H-pyrrole nitrogens is 1. The third-order valence-electron chi connectivity index (χ3n) is 5.87. The minimum absolute atomic E-state index is 0.107. The molecule has 2 amide bonds.